The van der Waals surface area contributed by atoms with E-state index in [-0.39, 0.29) is 12.3 Å². The molecule has 2 aromatic rings. The van der Waals surface area contributed by atoms with Crippen molar-refractivity contribution in [2.24, 2.45) is 0 Å². The number of aromatic hydroxyl groups is 1. The topological polar surface area (TPSA) is 61.4 Å². The Morgan fingerprint density at radius 3 is 2.65 bits per heavy atom. The van der Waals surface area contributed by atoms with E-state index in [9.17, 15) is 9.90 Å². The SMILES string of the molecule is O=C(NCc1ccccc1O)Nc1cc(Cl)ccc1Cl. The van der Waals surface area contributed by atoms with E-state index in [0.29, 0.717) is 21.3 Å². The molecule has 0 spiro atoms. The lowest BCUT2D eigenvalue weighted by atomic mass is 10.2. The van der Waals surface area contributed by atoms with Crippen molar-refractivity contribution in [3.8, 4) is 5.75 Å². The van der Waals surface area contributed by atoms with E-state index < -0.39 is 6.03 Å². The van der Waals surface area contributed by atoms with Crippen molar-refractivity contribution in [2.75, 3.05) is 5.32 Å². The summed E-state index contributed by atoms with van der Waals surface area (Å²) in [7, 11) is 0. The number of phenolic OH excluding ortho intramolecular Hbond substituents is 1. The molecule has 2 amide bonds. The standard InChI is InChI=1S/C14H12Cl2N2O2/c15-10-5-6-11(16)12(7-10)18-14(20)17-8-9-3-1-2-4-13(9)19/h1-7,19H,8H2,(H2,17,18,20). The van der Waals surface area contributed by atoms with E-state index in [4.69, 9.17) is 23.2 Å². The average Bonchev–Trinajstić information content (AvgIpc) is 2.42. The Morgan fingerprint density at radius 2 is 1.90 bits per heavy atom. The van der Waals surface area contributed by atoms with Crippen LogP contribution in [-0.2, 0) is 6.54 Å². The van der Waals surface area contributed by atoms with Crippen molar-refractivity contribution in [1.29, 1.82) is 0 Å². The molecule has 0 aliphatic rings. The Morgan fingerprint density at radius 1 is 1.15 bits per heavy atom. The minimum atomic E-state index is -0.433. The third kappa shape index (κ3) is 3.79. The summed E-state index contributed by atoms with van der Waals surface area (Å²) in [6.07, 6.45) is 0. The molecular formula is C14H12Cl2N2O2. The fourth-order valence-corrected chi connectivity index (χ4v) is 1.93. The van der Waals surface area contributed by atoms with Crippen LogP contribution < -0.4 is 10.6 Å². The molecule has 20 heavy (non-hydrogen) atoms. The van der Waals surface area contributed by atoms with E-state index in [1.165, 1.54) is 0 Å². The second-order valence-electron chi connectivity index (χ2n) is 4.06. The summed E-state index contributed by atoms with van der Waals surface area (Å²) in [6.45, 7) is 0.205. The number of nitrogens with one attached hydrogen (secondary N) is 2. The molecule has 0 saturated heterocycles. The van der Waals surface area contributed by atoms with Gasteiger partial charge >= 0.3 is 6.03 Å². The number of carbonyl (C=O) groups excluding carboxylic acids is 1. The van der Waals surface area contributed by atoms with Crippen LogP contribution in [0.1, 0.15) is 5.56 Å². The predicted octanol–water partition coefficient (Wildman–Crippen LogP) is 4.02. The zero-order valence-electron chi connectivity index (χ0n) is 10.4. The van der Waals surface area contributed by atoms with Crippen LogP contribution in [0.3, 0.4) is 0 Å². The highest BCUT2D eigenvalue weighted by atomic mass is 35.5. The molecule has 0 heterocycles. The fourth-order valence-electron chi connectivity index (χ4n) is 1.60. The molecular weight excluding hydrogens is 299 g/mol. The summed E-state index contributed by atoms with van der Waals surface area (Å²) in [6, 6.07) is 11.1. The van der Waals surface area contributed by atoms with E-state index in [2.05, 4.69) is 10.6 Å². The molecule has 0 aromatic heterocycles. The Labute approximate surface area is 126 Å². The third-order valence-electron chi connectivity index (χ3n) is 2.61. The number of hydrogen-bond donors (Lipinski definition) is 3. The van der Waals surface area contributed by atoms with Gasteiger partial charge in [0, 0.05) is 17.1 Å². The van der Waals surface area contributed by atoms with Gasteiger partial charge in [-0.15, -0.1) is 0 Å². The molecule has 4 nitrogen and oxygen atoms in total. The Kier molecular flexibility index (Phi) is 4.71. The minimum absolute atomic E-state index is 0.133. The summed E-state index contributed by atoms with van der Waals surface area (Å²) in [5, 5.41) is 15.7. The largest absolute Gasteiger partial charge is 0.508 e. The molecule has 2 aromatic carbocycles. The summed E-state index contributed by atoms with van der Waals surface area (Å²) in [4.78, 5) is 11.8. The molecule has 0 bridgehead atoms. The summed E-state index contributed by atoms with van der Waals surface area (Å²) in [5.74, 6) is 0.133. The van der Waals surface area contributed by atoms with Crippen LogP contribution in [0.25, 0.3) is 0 Å². The smallest absolute Gasteiger partial charge is 0.319 e. The van der Waals surface area contributed by atoms with Crippen molar-refractivity contribution in [2.45, 2.75) is 6.54 Å². The van der Waals surface area contributed by atoms with Crippen LogP contribution in [0.5, 0.6) is 5.75 Å². The number of urea groups is 1. The van der Waals surface area contributed by atoms with Gasteiger partial charge in [-0.05, 0) is 24.3 Å². The third-order valence-corrected chi connectivity index (χ3v) is 3.17. The van der Waals surface area contributed by atoms with E-state index in [0.717, 1.165) is 0 Å². The first-order valence-electron chi connectivity index (χ1n) is 5.83. The second kappa shape index (κ2) is 6.50. The second-order valence-corrected chi connectivity index (χ2v) is 4.90. The lowest BCUT2D eigenvalue weighted by Gasteiger charge is -2.10. The van der Waals surface area contributed by atoms with E-state index in [1.54, 1.807) is 42.5 Å². The Hall–Kier alpha value is -1.91. The van der Waals surface area contributed by atoms with Crippen molar-refractivity contribution < 1.29 is 9.90 Å². The quantitative estimate of drug-likeness (QED) is 0.801. The molecule has 104 valence electrons. The maximum atomic E-state index is 11.8. The molecule has 3 N–H and O–H groups in total. The van der Waals surface area contributed by atoms with Crippen LogP contribution in [0.4, 0.5) is 10.5 Å². The van der Waals surface area contributed by atoms with Gasteiger partial charge < -0.3 is 15.7 Å². The first kappa shape index (κ1) is 14.5. The summed E-state index contributed by atoms with van der Waals surface area (Å²) >= 11 is 11.8. The van der Waals surface area contributed by atoms with Crippen LogP contribution in [0.2, 0.25) is 10.0 Å². The highest BCUT2D eigenvalue weighted by Crippen LogP contribution is 2.25. The monoisotopic (exact) mass is 310 g/mol. The van der Waals surface area contributed by atoms with Crippen molar-refractivity contribution in [1.82, 2.24) is 5.32 Å². The predicted molar refractivity (Wildman–Crippen MR) is 80.4 cm³/mol. The van der Waals surface area contributed by atoms with Crippen molar-refractivity contribution in [3.05, 3.63) is 58.1 Å². The number of halogens is 2. The Bertz CT molecular complexity index is 632. The van der Waals surface area contributed by atoms with Crippen LogP contribution >= 0.6 is 23.2 Å². The minimum Gasteiger partial charge on any atom is -0.508 e. The first-order chi connectivity index (χ1) is 9.56. The van der Waals surface area contributed by atoms with Crippen LogP contribution in [-0.4, -0.2) is 11.1 Å². The van der Waals surface area contributed by atoms with Crippen molar-refractivity contribution in [3.63, 3.8) is 0 Å². The highest BCUT2D eigenvalue weighted by Gasteiger charge is 2.07. The zero-order chi connectivity index (χ0) is 14.5. The van der Waals surface area contributed by atoms with Gasteiger partial charge in [-0.3, -0.25) is 0 Å². The molecule has 0 unspecified atom stereocenters. The summed E-state index contributed by atoms with van der Waals surface area (Å²) < 4.78 is 0. The van der Waals surface area contributed by atoms with Gasteiger partial charge in [0.1, 0.15) is 5.75 Å². The van der Waals surface area contributed by atoms with Gasteiger partial charge in [0.15, 0.2) is 0 Å². The normalized spacial score (nSPS) is 10.1. The van der Waals surface area contributed by atoms with Crippen LogP contribution in [0.15, 0.2) is 42.5 Å². The lowest BCUT2D eigenvalue weighted by Crippen LogP contribution is -2.28. The number of rotatable bonds is 3. The average molecular weight is 311 g/mol. The maximum absolute atomic E-state index is 11.8. The van der Waals surface area contributed by atoms with Crippen molar-refractivity contribution >= 4 is 34.9 Å². The molecule has 0 saturated carbocycles. The molecule has 0 aliphatic heterocycles. The number of amides is 2. The van der Waals surface area contributed by atoms with Gasteiger partial charge in [0.05, 0.1) is 10.7 Å². The van der Waals surface area contributed by atoms with Crippen LogP contribution in [0, 0.1) is 0 Å². The highest BCUT2D eigenvalue weighted by molar-refractivity contribution is 6.35. The Balaban J connectivity index is 1.96. The number of carbonyl (C=O) groups is 1. The molecule has 0 fully saturated rings. The molecule has 0 atom stereocenters. The molecule has 0 radical (unpaired) electrons. The van der Waals surface area contributed by atoms with E-state index >= 15 is 0 Å². The number of phenols is 1. The lowest BCUT2D eigenvalue weighted by molar-refractivity contribution is 0.251. The number of benzene rings is 2. The van der Waals surface area contributed by atoms with Gasteiger partial charge in [-0.2, -0.15) is 0 Å². The summed E-state index contributed by atoms with van der Waals surface area (Å²) in [5.41, 5.74) is 1.05. The zero-order valence-corrected chi connectivity index (χ0v) is 11.9. The fraction of sp³-hybridized carbons (Fsp3) is 0.0714. The van der Waals surface area contributed by atoms with E-state index in [1.807, 2.05) is 0 Å². The van der Waals surface area contributed by atoms with Gasteiger partial charge in [-0.25, -0.2) is 4.79 Å². The van der Waals surface area contributed by atoms with Gasteiger partial charge in [0.25, 0.3) is 0 Å². The molecule has 2 rings (SSSR count). The number of hydrogen-bond acceptors (Lipinski definition) is 2. The molecule has 0 aliphatic carbocycles. The number of para-hydroxylation sites is 1. The van der Waals surface area contributed by atoms with Gasteiger partial charge in [0.2, 0.25) is 0 Å². The molecule has 6 heteroatoms. The number of anilines is 1. The maximum Gasteiger partial charge on any atom is 0.319 e. The first-order valence-corrected chi connectivity index (χ1v) is 6.58. The van der Waals surface area contributed by atoms with Gasteiger partial charge in [-0.1, -0.05) is 41.4 Å².